The molecule has 2 aromatic carbocycles. The van der Waals surface area contributed by atoms with Crippen molar-refractivity contribution in [3.8, 4) is 11.4 Å². The summed E-state index contributed by atoms with van der Waals surface area (Å²) in [6.07, 6.45) is 0.359. The molecule has 0 radical (unpaired) electrons. The van der Waals surface area contributed by atoms with Crippen molar-refractivity contribution in [3.05, 3.63) is 75.3 Å². The normalized spacial score (nSPS) is 11.2. The van der Waals surface area contributed by atoms with Crippen molar-refractivity contribution in [2.24, 2.45) is 0 Å². The van der Waals surface area contributed by atoms with E-state index in [1.165, 1.54) is 13.2 Å². The topological polar surface area (TPSA) is 76.0 Å². The van der Waals surface area contributed by atoms with Gasteiger partial charge in [0, 0.05) is 20.5 Å². The molecular formula is C22H21F2N5O2. The average molecular weight is 425 g/mol. The molecule has 4 aromatic rings. The first-order valence-electron chi connectivity index (χ1n) is 9.57. The number of benzene rings is 2. The summed E-state index contributed by atoms with van der Waals surface area (Å²) < 4.78 is 35.2. The number of halogens is 2. The second-order valence-corrected chi connectivity index (χ2v) is 7.42. The molecule has 1 N–H and O–H groups in total. The molecular weight excluding hydrogens is 404 g/mol. The molecule has 0 aliphatic rings. The SMILES string of the molecule is COc1ccc(F)c(F)c1-n1nc(N(C)C)c2c(=O)[nH]c(Cc3cccc(C)c3)nc21. The Balaban J connectivity index is 2.00. The zero-order valence-corrected chi connectivity index (χ0v) is 17.5. The summed E-state index contributed by atoms with van der Waals surface area (Å²) in [6, 6.07) is 10.1. The molecule has 0 atom stereocenters. The van der Waals surface area contributed by atoms with E-state index in [1.54, 1.807) is 19.0 Å². The number of aromatic amines is 1. The summed E-state index contributed by atoms with van der Waals surface area (Å²) >= 11 is 0. The van der Waals surface area contributed by atoms with Gasteiger partial charge in [-0.3, -0.25) is 4.79 Å². The van der Waals surface area contributed by atoms with Gasteiger partial charge in [0.15, 0.2) is 23.1 Å². The highest BCUT2D eigenvalue weighted by Crippen LogP contribution is 2.31. The number of aromatic nitrogens is 4. The summed E-state index contributed by atoms with van der Waals surface area (Å²) in [6.45, 7) is 1.97. The lowest BCUT2D eigenvalue weighted by Gasteiger charge is -2.11. The average Bonchev–Trinajstić information content (AvgIpc) is 3.10. The molecule has 0 fully saturated rings. The minimum Gasteiger partial charge on any atom is -0.494 e. The summed E-state index contributed by atoms with van der Waals surface area (Å²) in [4.78, 5) is 21.9. The quantitative estimate of drug-likeness (QED) is 0.531. The van der Waals surface area contributed by atoms with E-state index in [1.807, 2.05) is 31.2 Å². The summed E-state index contributed by atoms with van der Waals surface area (Å²) in [5, 5.41) is 4.54. The van der Waals surface area contributed by atoms with Crippen LogP contribution in [0.5, 0.6) is 5.75 Å². The van der Waals surface area contributed by atoms with Crippen LogP contribution in [0.4, 0.5) is 14.6 Å². The van der Waals surface area contributed by atoms with Gasteiger partial charge in [-0.25, -0.2) is 18.4 Å². The minimum atomic E-state index is -1.14. The maximum atomic E-state index is 14.8. The molecule has 0 spiro atoms. The highest BCUT2D eigenvalue weighted by molar-refractivity contribution is 5.88. The lowest BCUT2D eigenvalue weighted by molar-refractivity contribution is 0.402. The maximum Gasteiger partial charge on any atom is 0.264 e. The van der Waals surface area contributed by atoms with Gasteiger partial charge in [0.25, 0.3) is 5.56 Å². The van der Waals surface area contributed by atoms with Gasteiger partial charge in [-0.05, 0) is 24.6 Å². The van der Waals surface area contributed by atoms with Crippen LogP contribution in [0.25, 0.3) is 16.7 Å². The fraction of sp³-hybridized carbons (Fsp3) is 0.227. The Kier molecular flexibility index (Phi) is 5.18. The van der Waals surface area contributed by atoms with E-state index in [0.29, 0.717) is 12.2 Å². The number of H-pyrrole nitrogens is 1. The van der Waals surface area contributed by atoms with Gasteiger partial charge >= 0.3 is 0 Å². The molecule has 160 valence electrons. The summed E-state index contributed by atoms with van der Waals surface area (Å²) in [7, 11) is 4.74. The lowest BCUT2D eigenvalue weighted by Crippen LogP contribution is -2.16. The van der Waals surface area contributed by atoms with Gasteiger partial charge in [0.1, 0.15) is 22.6 Å². The second-order valence-electron chi connectivity index (χ2n) is 7.42. The number of methoxy groups -OCH3 is 1. The molecule has 4 rings (SSSR count). The van der Waals surface area contributed by atoms with Crippen molar-refractivity contribution >= 4 is 16.9 Å². The van der Waals surface area contributed by atoms with E-state index in [2.05, 4.69) is 15.1 Å². The fourth-order valence-electron chi connectivity index (χ4n) is 3.51. The van der Waals surface area contributed by atoms with Crippen molar-refractivity contribution in [2.45, 2.75) is 13.3 Å². The Morgan fingerprint density at radius 2 is 1.97 bits per heavy atom. The number of aryl methyl sites for hydroxylation is 1. The van der Waals surface area contributed by atoms with Gasteiger partial charge in [-0.1, -0.05) is 29.8 Å². The van der Waals surface area contributed by atoms with Gasteiger partial charge < -0.3 is 14.6 Å². The third-order valence-electron chi connectivity index (χ3n) is 4.91. The number of anilines is 1. The molecule has 0 saturated heterocycles. The number of fused-ring (bicyclic) bond motifs is 1. The van der Waals surface area contributed by atoms with Gasteiger partial charge in [-0.15, -0.1) is 5.10 Å². The molecule has 0 unspecified atom stereocenters. The Hall–Kier alpha value is -3.75. The predicted octanol–water partition coefficient (Wildman–Crippen LogP) is 3.36. The first-order chi connectivity index (χ1) is 14.8. The number of hydrogen-bond donors (Lipinski definition) is 1. The Bertz CT molecular complexity index is 1340. The van der Waals surface area contributed by atoms with Gasteiger partial charge in [0.2, 0.25) is 0 Å². The second kappa shape index (κ2) is 7.82. The standard InChI is InChI=1S/C22H21F2N5O2/c1-12-6-5-7-13(10-12)11-16-25-20-17(22(30)26-16)21(28(2)3)27-29(20)19-15(31-4)9-8-14(23)18(19)24/h5-10H,11H2,1-4H3,(H,25,26,30). The molecule has 2 heterocycles. The summed E-state index contributed by atoms with van der Waals surface area (Å²) in [5.41, 5.74) is 1.47. The highest BCUT2D eigenvalue weighted by atomic mass is 19.2. The molecule has 9 heteroatoms. The van der Waals surface area contributed by atoms with Crippen LogP contribution in [0.2, 0.25) is 0 Å². The van der Waals surface area contributed by atoms with Gasteiger partial charge in [0.05, 0.1) is 7.11 Å². The zero-order chi connectivity index (χ0) is 22.3. The summed E-state index contributed by atoms with van der Waals surface area (Å²) in [5.74, 6) is -1.48. The Morgan fingerprint density at radius 3 is 2.65 bits per heavy atom. The third kappa shape index (κ3) is 3.63. The number of rotatable bonds is 5. The number of hydrogen-bond acceptors (Lipinski definition) is 5. The smallest absolute Gasteiger partial charge is 0.264 e. The van der Waals surface area contributed by atoms with Crippen molar-refractivity contribution in [2.75, 3.05) is 26.1 Å². The molecule has 0 aliphatic heterocycles. The van der Waals surface area contributed by atoms with Crippen molar-refractivity contribution in [1.29, 1.82) is 0 Å². The predicted molar refractivity (Wildman–Crippen MR) is 114 cm³/mol. The van der Waals surface area contributed by atoms with Crippen molar-refractivity contribution in [3.63, 3.8) is 0 Å². The van der Waals surface area contributed by atoms with Crippen LogP contribution in [-0.4, -0.2) is 41.0 Å². The number of nitrogens with zero attached hydrogens (tertiary/aromatic N) is 4. The molecule has 0 aliphatic carbocycles. The van der Waals surface area contributed by atoms with E-state index in [9.17, 15) is 13.6 Å². The molecule has 0 bridgehead atoms. The van der Waals surface area contributed by atoms with Crippen LogP contribution < -0.4 is 15.2 Å². The zero-order valence-electron chi connectivity index (χ0n) is 17.5. The first-order valence-corrected chi connectivity index (χ1v) is 9.57. The van der Waals surface area contributed by atoms with Crippen LogP contribution in [0.3, 0.4) is 0 Å². The molecule has 31 heavy (non-hydrogen) atoms. The van der Waals surface area contributed by atoms with Crippen LogP contribution in [0.1, 0.15) is 17.0 Å². The van der Waals surface area contributed by atoms with Gasteiger partial charge in [-0.2, -0.15) is 0 Å². The van der Waals surface area contributed by atoms with E-state index >= 15 is 0 Å². The molecule has 2 aromatic heterocycles. The largest absolute Gasteiger partial charge is 0.494 e. The Labute approximate surface area is 176 Å². The number of ether oxygens (including phenoxy) is 1. The van der Waals surface area contributed by atoms with Crippen LogP contribution in [-0.2, 0) is 6.42 Å². The van der Waals surface area contributed by atoms with E-state index in [4.69, 9.17) is 4.74 Å². The number of nitrogens with one attached hydrogen (secondary N) is 1. The molecule has 7 nitrogen and oxygen atoms in total. The van der Waals surface area contributed by atoms with E-state index < -0.39 is 17.2 Å². The lowest BCUT2D eigenvalue weighted by atomic mass is 10.1. The fourth-order valence-corrected chi connectivity index (χ4v) is 3.51. The van der Waals surface area contributed by atoms with Crippen LogP contribution in [0, 0.1) is 18.6 Å². The van der Waals surface area contributed by atoms with Crippen LogP contribution >= 0.6 is 0 Å². The Morgan fingerprint density at radius 1 is 1.19 bits per heavy atom. The monoisotopic (exact) mass is 425 g/mol. The highest BCUT2D eigenvalue weighted by Gasteiger charge is 2.25. The minimum absolute atomic E-state index is 0.0657. The van der Waals surface area contributed by atoms with E-state index in [0.717, 1.165) is 21.9 Å². The molecule has 0 saturated carbocycles. The first kappa shape index (κ1) is 20.5. The van der Waals surface area contributed by atoms with E-state index in [-0.39, 0.29) is 28.3 Å². The molecule has 0 amide bonds. The third-order valence-corrected chi connectivity index (χ3v) is 4.91. The van der Waals surface area contributed by atoms with Crippen LogP contribution in [0.15, 0.2) is 41.2 Å². The van der Waals surface area contributed by atoms with Crippen molar-refractivity contribution in [1.82, 2.24) is 19.7 Å². The van der Waals surface area contributed by atoms with Crippen molar-refractivity contribution < 1.29 is 13.5 Å². The maximum absolute atomic E-state index is 14.8.